The maximum absolute atomic E-state index is 10.6. The first-order valence-electron chi connectivity index (χ1n) is 7.21. The molecule has 2 saturated heterocycles. The smallest absolute Gasteiger partial charge is 0.0697 e. The Morgan fingerprint density at radius 1 is 1.12 bits per heavy atom. The Labute approximate surface area is 105 Å². The van der Waals surface area contributed by atoms with Crippen LogP contribution < -0.4 is 0 Å². The van der Waals surface area contributed by atoms with Crippen molar-refractivity contribution < 1.29 is 9.84 Å². The van der Waals surface area contributed by atoms with E-state index in [9.17, 15) is 5.11 Å². The van der Waals surface area contributed by atoms with Gasteiger partial charge in [0.2, 0.25) is 0 Å². The van der Waals surface area contributed by atoms with Crippen LogP contribution in [0.3, 0.4) is 0 Å². The van der Waals surface area contributed by atoms with Gasteiger partial charge in [-0.05, 0) is 32.1 Å². The van der Waals surface area contributed by atoms with Gasteiger partial charge in [-0.3, -0.25) is 0 Å². The highest BCUT2D eigenvalue weighted by Gasteiger charge is 2.42. The van der Waals surface area contributed by atoms with Crippen molar-refractivity contribution in [3.8, 4) is 0 Å². The summed E-state index contributed by atoms with van der Waals surface area (Å²) in [6.45, 7) is 3.73. The molecule has 98 valence electrons. The fraction of sp³-hybridized carbons (Fsp3) is 0.867. The van der Waals surface area contributed by atoms with Crippen LogP contribution in [0.15, 0.2) is 12.7 Å². The summed E-state index contributed by atoms with van der Waals surface area (Å²) in [6, 6.07) is 0. The number of hydrogen-bond acceptors (Lipinski definition) is 2. The van der Waals surface area contributed by atoms with Gasteiger partial charge in [-0.2, -0.15) is 0 Å². The molecule has 0 radical (unpaired) electrons. The minimum atomic E-state index is -0.414. The van der Waals surface area contributed by atoms with Crippen molar-refractivity contribution in [1.82, 2.24) is 0 Å². The van der Waals surface area contributed by atoms with Gasteiger partial charge < -0.3 is 9.84 Å². The van der Waals surface area contributed by atoms with Crippen LogP contribution in [0.4, 0.5) is 0 Å². The van der Waals surface area contributed by atoms with Crippen LogP contribution in [0.1, 0.15) is 64.2 Å². The Balaban J connectivity index is 1.63. The molecule has 0 aromatic rings. The Kier molecular flexibility index (Phi) is 4.63. The molecular formula is C15H26O2. The van der Waals surface area contributed by atoms with E-state index in [4.69, 9.17) is 4.74 Å². The lowest BCUT2D eigenvalue weighted by atomic mass is 9.85. The molecule has 0 saturated carbocycles. The molecule has 2 aliphatic rings. The van der Waals surface area contributed by atoms with Gasteiger partial charge in [-0.25, -0.2) is 0 Å². The molecule has 17 heavy (non-hydrogen) atoms. The van der Waals surface area contributed by atoms with E-state index in [0.717, 1.165) is 44.9 Å². The molecule has 0 spiro atoms. The molecule has 2 rings (SSSR count). The second-order valence-corrected chi connectivity index (χ2v) is 5.83. The predicted molar refractivity (Wildman–Crippen MR) is 70.0 cm³/mol. The molecule has 2 fully saturated rings. The summed E-state index contributed by atoms with van der Waals surface area (Å²) in [5, 5.41) is 10.6. The van der Waals surface area contributed by atoms with Crippen LogP contribution in [0.25, 0.3) is 0 Å². The predicted octanol–water partition coefficient (Wildman–Crippen LogP) is 3.59. The first kappa shape index (κ1) is 13.1. The molecule has 1 N–H and O–H groups in total. The fourth-order valence-electron chi connectivity index (χ4n) is 3.31. The summed E-state index contributed by atoms with van der Waals surface area (Å²) < 4.78 is 5.78. The van der Waals surface area contributed by atoms with E-state index in [-0.39, 0.29) is 0 Å². The highest BCUT2D eigenvalue weighted by molar-refractivity contribution is 4.94. The summed E-state index contributed by atoms with van der Waals surface area (Å²) in [7, 11) is 0. The van der Waals surface area contributed by atoms with Crippen LogP contribution in [0.5, 0.6) is 0 Å². The first-order chi connectivity index (χ1) is 8.22. The van der Waals surface area contributed by atoms with Crippen LogP contribution >= 0.6 is 0 Å². The third-order valence-corrected chi connectivity index (χ3v) is 4.21. The molecule has 0 amide bonds. The fourth-order valence-corrected chi connectivity index (χ4v) is 3.31. The molecule has 2 bridgehead atoms. The van der Waals surface area contributed by atoms with Gasteiger partial charge in [0, 0.05) is 12.8 Å². The average Bonchev–Trinajstić information content (AvgIpc) is 2.64. The number of hydrogen-bond donors (Lipinski definition) is 1. The van der Waals surface area contributed by atoms with Crippen molar-refractivity contribution in [2.75, 3.05) is 0 Å². The molecule has 0 aromatic heterocycles. The normalized spacial score (nSPS) is 36.1. The highest BCUT2D eigenvalue weighted by atomic mass is 16.5. The number of rotatable bonds is 7. The number of allylic oxidation sites excluding steroid dienone is 1. The molecule has 0 aromatic carbocycles. The van der Waals surface area contributed by atoms with Crippen LogP contribution in [0.2, 0.25) is 0 Å². The van der Waals surface area contributed by atoms with Crippen molar-refractivity contribution in [3.63, 3.8) is 0 Å². The SMILES string of the molecule is C=CCCCCCCC1(O)CC2CCC(C1)O2. The van der Waals surface area contributed by atoms with E-state index in [1.165, 1.54) is 19.3 Å². The van der Waals surface area contributed by atoms with Crippen molar-refractivity contribution in [3.05, 3.63) is 12.7 Å². The van der Waals surface area contributed by atoms with E-state index in [1.54, 1.807) is 0 Å². The zero-order valence-corrected chi connectivity index (χ0v) is 10.9. The van der Waals surface area contributed by atoms with Gasteiger partial charge in [-0.1, -0.05) is 25.3 Å². The molecule has 2 aliphatic heterocycles. The number of fused-ring (bicyclic) bond motifs is 2. The number of aliphatic hydroxyl groups is 1. The summed E-state index contributed by atoms with van der Waals surface area (Å²) in [4.78, 5) is 0. The van der Waals surface area contributed by atoms with Crippen LogP contribution in [0, 0.1) is 0 Å². The van der Waals surface area contributed by atoms with Crippen molar-refractivity contribution in [2.24, 2.45) is 0 Å². The molecule has 2 heteroatoms. The summed E-state index contributed by atoms with van der Waals surface area (Å²) in [5.41, 5.74) is -0.414. The minimum absolute atomic E-state index is 0.347. The van der Waals surface area contributed by atoms with Gasteiger partial charge in [0.05, 0.1) is 17.8 Å². The Morgan fingerprint density at radius 2 is 1.76 bits per heavy atom. The Hall–Kier alpha value is -0.340. The second kappa shape index (κ2) is 6.01. The highest BCUT2D eigenvalue weighted by Crippen LogP contribution is 2.40. The van der Waals surface area contributed by atoms with Crippen molar-refractivity contribution in [1.29, 1.82) is 0 Å². The summed E-state index contributed by atoms with van der Waals surface area (Å²) in [5.74, 6) is 0. The second-order valence-electron chi connectivity index (χ2n) is 5.83. The average molecular weight is 238 g/mol. The van der Waals surface area contributed by atoms with Crippen LogP contribution in [-0.2, 0) is 4.74 Å². The van der Waals surface area contributed by atoms with Crippen molar-refractivity contribution in [2.45, 2.75) is 82.0 Å². The van der Waals surface area contributed by atoms with E-state index < -0.39 is 5.60 Å². The Bertz CT molecular complexity index is 237. The summed E-state index contributed by atoms with van der Waals surface area (Å²) >= 11 is 0. The van der Waals surface area contributed by atoms with Gasteiger partial charge in [-0.15, -0.1) is 6.58 Å². The molecular weight excluding hydrogens is 212 g/mol. The number of unbranched alkanes of at least 4 members (excludes halogenated alkanes) is 4. The van der Waals surface area contributed by atoms with Gasteiger partial charge in [0.1, 0.15) is 0 Å². The zero-order valence-electron chi connectivity index (χ0n) is 10.9. The topological polar surface area (TPSA) is 29.5 Å². The third-order valence-electron chi connectivity index (χ3n) is 4.21. The molecule has 0 aliphatic carbocycles. The van der Waals surface area contributed by atoms with Crippen LogP contribution in [-0.4, -0.2) is 22.9 Å². The molecule has 2 nitrogen and oxygen atoms in total. The minimum Gasteiger partial charge on any atom is -0.390 e. The first-order valence-corrected chi connectivity index (χ1v) is 7.21. The molecule has 2 atom stereocenters. The standard InChI is InChI=1S/C15H26O2/c1-2-3-4-5-6-7-10-15(16)11-13-8-9-14(12-15)17-13/h2,13-14,16H,1,3-12H2. The number of ether oxygens (including phenoxy) is 1. The van der Waals surface area contributed by atoms with Gasteiger partial charge >= 0.3 is 0 Å². The van der Waals surface area contributed by atoms with E-state index >= 15 is 0 Å². The molecule has 2 heterocycles. The van der Waals surface area contributed by atoms with E-state index in [1.807, 2.05) is 6.08 Å². The maximum Gasteiger partial charge on any atom is 0.0697 e. The third kappa shape index (κ3) is 3.82. The Morgan fingerprint density at radius 3 is 2.41 bits per heavy atom. The van der Waals surface area contributed by atoms with Crippen molar-refractivity contribution >= 4 is 0 Å². The van der Waals surface area contributed by atoms with Gasteiger partial charge in [0.25, 0.3) is 0 Å². The van der Waals surface area contributed by atoms with E-state index in [2.05, 4.69) is 6.58 Å². The maximum atomic E-state index is 10.6. The van der Waals surface area contributed by atoms with E-state index in [0.29, 0.717) is 12.2 Å². The van der Waals surface area contributed by atoms with Gasteiger partial charge in [0.15, 0.2) is 0 Å². The lowest BCUT2D eigenvalue weighted by Gasteiger charge is -2.36. The lowest BCUT2D eigenvalue weighted by Crippen LogP contribution is -2.40. The lowest BCUT2D eigenvalue weighted by molar-refractivity contribution is -0.115. The summed E-state index contributed by atoms with van der Waals surface area (Å²) in [6.07, 6.45) is 13.8. The zero-order chi connectivity index (χ0) is 12.1. The monoisotopic (exact) mass is 238 g/mol. The molecule has 2 unspecified atom stereocenters. The quantitative estimate of drug-likeness (QED) is 0.542. The largest absolute Gasteiger partial charge is 0.390 e.